The van der Waals surface area contributed by atoms with Gasteiger partial charge in [-0.2, -0.15) is 0 Å². The molecule has 0 aliphatic carbocycles. The molecule has 0 fully saturated rings. The molecule has 2 aromatic rings. The van der Waals surface area contributed by atoms with Crippen LogP contribution in [0.3, 0.4) is 0 Å². The molecule has 0 saturated carbocycles. The highest BCUT2D eigenvalue weighted by atomic mass is 19.1. The van der Waals surface area contributed by atoms with Crippen LogP contribution in [0.4, 0.5) is 4.39 Å². The fourth-order valence-electron chi connectivity index (χ4n) is 2.19. The Hall–Kier alpha value is -2.16. The van der Waals surface area contributed by atoms with Crippen LogP contribution in [0, 0.1) is 0 Å². The topological polar surface area (TPSA) is 26.3 Å². The highest BCUT2D eigenvalue weighted by molar-refractivity contribution is 5.92. The number of hydrogen-bond donors (Lipinski definition) is 0. The van der Waals surface area contributed by atoms with Crippen LogP contribution in [0.5, 0.6) is 0 Å². The van der Waals surface area contributed by atoms with E-state index in [1.54, 1.807) is 0 Å². The van der Waals surface area contributed by atoms with Crippen molar-refractivity contribution in [3.63, 3.8) is 0 Å². The lowest BCUT2D eigenvalue weighted by Gasteiger charge is -2.24. The van der Waals surface area contributed by atoms with E-state index in [1.165, 1.54) is 0 Å². The first-order valence-electron chi connectivity index (χ1n) is 6.06. The Morgan fingerprint density at radius 1 is 1.00 bits per heavy atom. The predicted molar refractivity (Wildman–Crippen MR) is 71.8 cm³/mol. The van der Waals surface area contributed by atoms with Crippen LogP contribution in [0.25, 0.3) is 0 Å². The number of halogens is 1. The number of alkyl halides is 1. The fourth-order valence-corrected chi connectivity index (χ4v) is 2.19. The molecule has 0 spiro atoms. The van der Waals surface area contributed by atoms with Crippen molar-refractivity contribution in [1.82, 2.24) is 0 Å². The van der Waals surface area contributed by atoms with Gasteiger partial charge in [-0.3, -0.25) is 4.39 Å². The second-order valence-corrected chi connectivity index (χ2v) is 4.17. The molecule has 0 N–H and O–H groups in total. The number of cyclic esters (lactones) is 1. The number of benzene rings is 2. The standard InChI is InChI=1S/C15H12O2.CH3F/c16-15-13-9-5-4-8-12(13)10-14(17-15)11-6-2-1-3-7-11;1-2/h1-9,14H,10H2;1H3. The van der Waals surface area contributed by atoms with Crippen molar-refractivity contribution in [2.45, 2.75) is 12.5 Å². The predicted octanol–water partition coefficient (Wildman–Crippen LogP) is 3.73. The number of esters is 1. The quantitative estimate of drug-likeness (QED) is 0.728. The summed E-state index contributed by atoms with van der Waals surface area (Å²) in [6, 6.07) is 17.5. The van der Waals surface area contributed by atoms with Crippen molar-refractivity contribution in [3.05, 3.63) is 71.3 Å². The van der Waals surface area contributed by atoms with Gasteiger partial charge in [0.2, 0.25) is 0 Å². The van der Waals surface area contributed by atoms with Crippen LogP contribution >= 0.6 is 0 Å². The van der Waals surface area contributed by atoms with Crippen LogP contribution in [0.15, 0.2) is 54.6 Å². The SMILES string of the molecule is CF.O=C1OC(c2ccccc2)Cc2ccccc21. The zero-order valence-corrected chi connectivity index (χ0v) is 10.7. The Bertz CT molecular complexity index is 552. The molecule has 0 aromatic heterocycles. The van der Waals surface area contributed by atoms with Gasteiger partial charge in [-0.25, -0.2) is 4.79 Å². The number of carbonyl (C=O) groups is 1. The number of fused-ring (bicyclic) bond motifs is 1. The van der Waals surface area contributed by atoms with E-state index in [-0.39, 0.29) is 12.1 Å². The molecule has 0 bridgehead atoms. The van der Waals surface area contributed by atoms with Crippen molar-refractivity contribution in [1.29, 1.82) is 0 Å². The van der Waals surface area contributed by atoms with E-state index < -0.39 is 0 Å². The van der Waals surface area contributed by atoms with Crippen molar-refractivity contribution < 1.29 is 13.9 Å². The van der Waals surface area contributed by atoms with Crippen LogP contribution in [0.1, 0.15) is 27.6 Å². The molecule has 1 aliphatic rings. The number of rotatable bonds is 1. The summed E-state index contributed by atoms with van der Waals surface area (Å²) in [5, 5.41) is 0. The van der Waals surface area contributed by atoms with Gasteiger partial charge in [0, 0.05) is 6.42 Å². The second-order valence-electron chi connectivity index (χ2n) is 4.17. The van der Waals surface area contributed by atoms with Gasteiger partial charge in [-0.05, 0) is 17.2 Å². The van der Waals surface area contributed by atoms with Crippen LogP contribution in [-0.2, 0) is 11.2 Å². The third kappa shape index (κ3) is 2.81. The maximum atomic E-state index is 11.8. The average molecular weight is 258 g/mol. The van der Waals surface area contributed by atoms with Gasteiger partial charge in [-0.1, -0.05) is 48.5 Å². The van der Waals surface area contributed by atoms with Gasteiger partial charge in [0.05, 0.1) is 12.7 Å². The lowest BCUT2D eigenvalue weighted by molar-refractivity contribution is 0.0253. The molecule has 1 aliphatic heterocycles. The van der Waals surface area contributed by atoms with Crippen LogP contribution < -0.4 is 0 Å². The normalized spacial score (nSPS) is 16.7. The van der Waals surface area contributed by atoms with Crippen molar-refractivity contribution in [2.24, 2.45) is 0 Å². The van der Waals surface area contributed by atoms with Gasteiger partial charge in [-0.15, -0.1) is 0 Å². The molecule has 0 amide bonds. The maximum Gasteiger partial charge on any atom is 0.339 e. The lowest BCUT2D eigenvalue weighted by atomic mass is 9.95. The Morgan fingerprint density at radius 3 is 2.37 bits per heavy atom. The Balaban J connectivity index is 0.000000637. The molecular formula is C16H15FO2. The summed E-state index contributed by atoms with van der Waals surface area (Å²) in [7, 11) is 0.500. The minimum Gasteiger partial charge on any atom is -0.454 e. The third-order valence-electron chi connectivity index (χ3n) is 3.06. The maximum absolute atomic E-state index is 11.8. The highest BCUT2D eigenvalue weighted by Crippen LogP contribution is 2.29. The van der Waals surface area contributed by atoms with Crippen LogP contribution in [0.2, 0.25) is 0 Å². The molecule has 0 radical (unpaired) electrons. The van der Waals surface area contributed by atoms with E-state index in [0.717, 1.165) is 17.5 Å². The van der Waals surface area contributed by atoms with E-state index in [9.17, 15) is 9.18 Å². The zero-order chi connectivity index (χ0) is 13.7. The van der Waals surface area contributed by atoms with Crippen molar-refractivity contribution >= 4 is 5.97 Å². The summed E-state index contributed by atoms with van der Waals surface area (Å²) in [4.78, 5) is 11.8. The zero-order valence-electron chi connectivity index (χ0n) is 10.7. The summed E-state index contributed by atoms with van der Waals surface area (Å²) in [6.45, 7) is 0. The molecule has 2 nitrogen and oxygen atoms in total. The third-order valence-corrected chi connectivity index (χ3v) is 3.06. The molecule has 1 unspecified atom stereocenters. The summed E-state index contributed by atoms with van der Waals surface area (Å²) >= 11 is 0. The summed E-state index contributed by atoms with van der Waals surface area (Å²) in [6.07, 6.45) is 0.602. The first-order chi connectivity index (χ1) is 9.34. The van der Waals surface area contributed by atoms with E-state index in [4.69, 9.17) is 4.74 Å². The minimum atomic E-state index is -0.222. The first kappa shape index (κ1) is 13.3. The Kier molecular flexibility index (Phi) is 4.29. The number of hydrogen-bond acceptors (Lipinski definition) is 2. The largest absolute Gasteiger partial charge is 0.454 e. The highest BCUT2D eigenvalue weighted by Gasteiger charge is 2.26. The van der Waals surface area contributed by atoms with Gasteiger partial charge in [0.25, 0.3) is 0 Å². The van der Waals surface area contributed by atoms with Gasteiger partial charge >= 0.3 is 5.97 Å². The smallest absolute Gasteiger partial charge is 0.339 e. The fraction of sp³-hybridized carbons (Fsp3) is 0.188. The van der Waals surface area contributed by atoms with E-state index in [2.05, 4.69) is 0 Å². The first-order valence-corrected chi connectivity index (χ1v) is 6.06. The van der Waals surface area contributed by atoms with Crippen molar-refractivity contribution in [2.75, 3.05) is 7.18 Å². The average Bonchev–Trinajstić information content (AvgIpc) is 2.50. The summed E-state index contributed by atoms with van der Waals surface area (Å²) < 4.78 is 15.0. The summed E-state index contributed by atoms with van der Waals surface area (Å²) in [5.41, 5.74) is 2.81. The molecule has 19 heavy (non-hydrogen) atoms. The van der Waals surface area contributed by atoms with Gasteiger partial charge < -0.3 is 4.74 Å². The van der Waals surface area contributed by atoms with E-state index in [0.29, 0.717) is 12.7 Å². The van der Waals surface area contributed by atoms with Crippen molar-refractivity contribution in [3.8, 4) is 0 Å². The molecule has 1 heterocycles. The monoisotopic (exact) mass is 258 g/mol. The lowest BCUT2D eigenvalue weighted by Crippen LogP contribution is -2.21. The van der Waals surface area contributed by atoms with Gasteiger partial charge in [0.15, 0.2) is 0 Å². The molecule has 0 saturated heterocycles. The molecule has 2 aromatic carbocycles. The van der Waals surface area contributed by atoms with E-state index >= 15 is 0 Å². The Morgan fingerprint density at radius 2 is 1.63 bits per heavy atom. The minimum absolute atomic E-state index is 0.154. The summed E-state index contributed by atoms with van der Waals surface area (Å²) in [5.74, 6) is -0.222. The molecule has 3 rings (SSSR count). The number of ether oxygens (including phenoxy) is 1. The van der Waals surface area contributed by atoms with Gasteiger partial charge in [0.1, 0.15) is 6.10 Å². The van der Waals surface area contributed by atoms with E-state index in [1.807, 2.05) is 54.6 Å². The molecule has 98 valence electrons. The molecule has 1 atom stereocenters. The number of carbonyl (C=O) groups excluding carboxylic acids is 1. The molecule has 3 heteroatoms. The molecular weight excluding hydrogens is 243 g/mol. The van der Waals surface area contributed by atoms with Crippen LogP contribution in [-0.4, -0.2) is 13.1 Å². The Labute approximate surface area is 111 Å². The second kappa shape index (κ2) is 6.14.